The predicted molar refractivity (Wildman–Crippen MR) is 77.0 cm³/mol. The third-order valence-corrected chi connectivity index (χ3v) is 3.36. The zero-order valence-corrected chi connectivity index (χ0v) is 12.0. The molecule has 1 aromatic rings. The van der Waals surface area contributed by atoms with Gasteiger partial charge >= 0.3 is 12.1 Å². The van der Waals surface area contributed by atoms with Crippen LogP contribution in [0.25, 0.3) is 0 Å². The first-order valence-corrected chi connectivity index (χ1v) is 7.04. The number of aliphatic carboxylic acids is 1. The second-order valence-corrected chi connectivity index (χ2v) is 5.05. The molecule has 22 heavy (non-hydrogen) atoms. The maximum Gasteiger partial charge on any atom is 0.408 e. The van der Waals surface area contributed by atoms with Gasteiger partial charge in [-0.25, -0.2) is 4.79 Å². The van der Waals surface area contributed by atoms with Crippen molar-refractivity contribution in [2.24, 2.45) is 0 Å². The van der Waals surface area contributed by atoms with Crippen molar-refractivity contribution in [2.75, 3.05) is 13.1 Å². The van der Waals surface area contributed by atoms with E-state index in [4.69, 9.17) is 9.84 Å². The van der Waals surface area contributed by atoms with E-state index in [0.29, 0.717) is 19.4 Å². The van der Waals surface area contributed by atoms with E-state index in [9.17, 15) is 14.4 Å². The normalized spacial score (nSPS) is 17.9. The highest BCUT2D eigenvalue weighted by Crippen LogP contribution is 2.12. The Morgan fingerprint density at radius 1 is 1.32 bits per heavy atom. The highest BCUT2D eigenvalue weighted by atomic mass is 16.5. The summed E-state index contributed by atoms with van der Waals surface area (Å²) in [6, 6.07) is 8.47. The van der Waals surface area contributed by atoms with Crippen LogP contribution < -0.4 is 5.32 Å². The first kappa shape index (κ1) is 15.8. The number of carboxylic acid groups (broad SMARTS) is 1. The lowest BCUT2D eigenvalue weighted by atomic mass is 10.1. The second kappa shape index (κ2) is 7.44. The van der Waals surface area contributed by atoms with Gasteiger partial charge in [-0.2, -0.15) is 0 Å². The zero-order chi connectivity index (χ0) is 15.9. The Morgan fingerprint density at radius 3 is 2.73 bits per heavy atom. The molecule has 0 spiro atoms. The van der Waals surface area contributed by atoms with Gasteiger partial charge in [0.1, 0.15) is 19.2 Å². The van der Waals surface area contributed by atoms with Gasteiger partial charge in [0.05, 0.1) is 0 Å². The lowest BCUT2D eigenvalue weighted by Crippen LogP contribution is -2.53. The molecule has 7 nitrogen and oxygen atoms in total. The molecule has 0 aliphatic carbocycles. The van der Waals surface area contributed by atoms with Crippen LogP contribution >= 0.6 is 0 Å². The molecule has 1 aliphatic heterocycles. The summed E-state index contributed by atoms with van der Waals surface area (Å²) < 4.78 is 5.06. The maximum atomic E-state index is 12.1. The lowest BCUT2D eigenvalue weighted by molar-refractivity contribution is -0.146. The van der Waals surface area contributed by atoms with Crippen LogP contribution in [0.5, 0.6) is 0 Å². The summed E-state index contributed by atoms with van der Waals surface area (Å²) in [5, 5.41) is 11.3. The molecular formula is C15H18N2O5. The zero-order valence-electron chi connectivity index (χ0n) is 12.0. The molecule has 1 aromatic carbocycles. The van der Waals surface area contributed by atoms with E-state index < -0.39 is 18.1 Å². The fraction of sp³-hybridized carbons (Fsp3) is 0.400. The largest absolute Gasteiger partial charge is 0.480 e. The van der Waals surface area contributed by atoms with Crippen LogP contribution in [0.4, 0.5) is 4.79 Å². The third kappa shape index (κ3) is 4.47. The summed E-state index contributed by atoms with van der Waals surface area (Å²) >= 11 is 0. The molecule has 7 heteroatoms. The van der Waals surface area contributed by atoms with E-state index in [0.717, 1.165) is 5.56 Å². The second-order valence-electron chi connectivity index (χ2n) is 5.05. The van der Waals surface area contributed by atoms with Crippen molar-refractivity contribution in [3.63, 3.8) is 0 Å². The van der Waals surface area contributed by atoms with Crippen molar-refractivity contribution in [3.05, 3.63) is 35.9 Å². The average Bonchev–Trinajstić information content (AvgIpc) is 2.50. The summed E-state index contributed by atoms with van der Waals surface area (Å²) in [6.45, 7) is 0.158. The monoisotopic (exact) mass is 306 g/mol. The number of nitrogens with zero attached hydrogens (tertiary/aromatic N) is 1. The van der Waals surface area contributed by atoms with Crippen LogP contribution in [-0.4, -0.2) is 47.1 Å². The molecule has 118 valence electrons. The van der Waals surface area contributed by atoms with E-state index >= 15 is 0 Å². The molecular weight excluding hydrogens is 288 g/mol. The van der Waals surface area contributed by atoms with Gasteiger partial charge in [-0.15, -0.1) is 0 Å². The SMILES string of the molecule is O=C(O)CN1CCC[C@H](NC(=O)OCc2ccccc2)C1=O. The Labute approximate surface area is 127 Å². The predicted octanol–water partition coefficient (Wildman–Crippen LogP) is 0.988. The number of piperidine rings is 1. The molecule has 0 radical (unpaired) electrons. The first-order chi connectivity index (χ1) is 10.6. The number of nitrogens with one attached hydrogen (secondary N) is 1. The Kier molecular flexibility index (Phi) is 5.35. The molecule has 1 fully saturated rings. The molecule has 1 saturated heterocycles. The number of hydrogen-bond acceptors (Lipinski definition) is 4. The summed E-state index contributed by atoms with van der Waals surface area (Å²) in [5.41, 5.74) is 0.847. The van der Waals surface area contributed by atoms with Crippen molar-refractivity contribution in [2.45, 2.75) is 25.5 Å². The number of carbonyl (C=O) groups is 3. The quantitative estimate of drug-likeness (QED) is 0.845. The molecule has 1 heterocycles. The minimum Gasteiger partial charge on any atom is -0.480 e. The highest BCUT2D eigenvalue weighted by Gasteiger charge is 2.31. The molecule has 1 atom stereocenters. The van der Waals surface area contributed by atoms with Gasteiger partial charge in [0, 0.05) is 6.54 Å². The number of benzene rings is 1. The number of alkyl carbamates (subject to hydrolysis) is 1. The molecule has 2 rings (SSSR count). The van der Waals surface area contributed by atoms with E-state index in [-0.39, 0.29) is 19.1 Å². The van der Waals surface area contributed by atoms with Crippen molar-refractivity contribution in [3.8, 4) is 0 Å². The Hall–Kier alpha value is -2.57. The van der Waals surface area contributed by atoms with Crippen LogP contribution in [-0.2, 0) is 20.9 Å². The molecule has 2 N–H and O–H groups in total. The minimum absolute atomic E-state index is 0.117. The van der Waals surface area contributed by atoms with E-state index in [1.165, 1.54) is 4.90 Å². The number of hydrogen-bond donors (Lipinski definition) is 2. The Balaban J connectivity index is 1.82. The summed E-state index contributed by atoms with van der Waals surface area (Å²) in [4.78, 5) is 35.7. The van der Waals surface area contributed by atoms with Crippen LogP contribution in [0.3, 0.4) is 0 Å². The van der Waals surface area contributed by atoms with Gasteiger partial charge in [0.15, 0.2) is 0 Å². The number of likely N-dealkylation sites (tertiary alicyclic amines) is 1. The molecule has 0 unspecified atom stereocenters. The molecule has 0 bridgehead atoms. The highest BCUT2D eigenvalue weighted by molar-refractivity contribution is 5.88. The fourth-order valence-electron chi connectivity index (χ4n) is 2.30. The Morgan fingerprint density at radius 2 is 2.05 bits per heavy atom. The van der Waals surface area contributed by atoms with Gasteiger partial charge in [-0.3, -0.25) is 9.59 Å². The topological polar surface area (TPSA) is 95.9 Å². The maximum absolute atomic E-state index is 12.1. The standard InChI is InChI=1S/C15H18N2O5/c18-13(19)9-17-8-4-7-12(14(17)20)16-15(21)22-10-11-5-2-1-3-6-11/h1-3,5-6,12H,4,7-10H2,(H,16,21)(H,18,19)/t12-/m0/s1. The Bertz CT molecular complexity index is 546. The van der Waals surface area contributed by atoms with Crippen molar-refractivity contribution in [1.82, 2.24) is 10.2 Å². The van der Waals surface area contributed by atoms with Gasteiger partial charge in [0.25, 0.3) is 0 Å². The molecule has 1 aliphatic rings. The molecule has 0 saturated carbocycles. The number of ether oxygens (including phenoxy) is 1. The summed E-state index contributed by atoms with van der Waals surface area (Å²) in [7, 11) is 0. The van der Waals surface area contributed by atoms with Crippen molar-refractivity contribution < 1.29 is 24.2 Å². The van der Waals surface area contributed by atoms with Crippen LogP contribution in [0.15, 0.2) is 30.3 Å². The smallest absolute Gasteiger partial charge is 0.408 e. The van der Waals surface area contributed by atoms with Gasteiger partial charge in [0.2, 0.25) is 5.91 Å². The van der Waals surface area contributed by atoms with Crippen LogP contribution in [0, 0.1) is 0 Å². The van der Waals surface area contributed by atoms with E-state index in [1.807, 2.05) is 30.3 Å². The number of rotatable bonds is 5. The number of amides is 2. The third-order valence-electron chi connectivity index (χ3n) is 3.36. The van der Waals surface area contributed by atoms with Crippen molar-refractivity contribution in [1.29, 1.82) is 0 Å². The van der Waals surface area contributed by atoms with Crippen LogP contribution in [0.1, 0.15) is 18.4 Å². The lowest BCUT2D eigenvalue weighted by Gasteiger charge is -2.31. The van der Waals surface area contributed by atoms with Gasteiger partial charge < -0.3 is 20.1 Å². The first-order valence-electron chi connectivity index (χ1n) is 7.04. The van der Waals surface area contributed by atoms with Crippen molar-refractivity contribution >= 4 is 18.0 Å². The van der Waals surface area contributed by atoms with Gasteiger partial charge in [-0.1, -0.05) is 30.3 Å². The van der Waals surface area contributed by atoms with Gasteiger partial charge in [-0.05, 0) is 18.4 Å². The van der Waals surface area contributed by atoms with Crippen LogP contribution in [0.2, 0.25) is 0 Å². The fourth-order valence-corrected chi connectivity index (χ4v) is 2.30. The number of carbonyl (C=O) groups excluding carboxylic acids is 2. The number of carboxylic acids is 1. The summed E-state index contributed by atoms with van der Waals surface area (Å²) in [6.07, 6.45) is 0.442. The molecule has 0 aromatic heterocycles. The molecule has 2 amide bonds. The van der Waals surface area contributed by atoms with E-state index in [1.54, 1.807) is 0 Å². The average molecular weight is 306 g/mol. The minimum atomic E-state index is -1.07. The summed E-state index contributed by atoms with van der Waals surface area (Å²) in [5.74, 6) is -1.45. The van der Waals surface area contributed by atoms with E-state index in [2.05, 4.69) is 5.32 Å².